The Labute approximate surface area is 143 Å². The van der Waals surface area contributed by atoms with E-state index < -0.39 is 5.91 Å². The molecular weight excluding hydrogens is 325 g/mol. The van der Waals surface area contributed by atoms with E-state index in [1.54, 1.807) is 12.5 Å². The van der Waals surface area contributed by atoms with Crippen LogP contribution in [0.25, 0.3) is 5.69 Å². The van der Waals surface area contributed by atoms with E-state index in [1.807, 2.05) is 17.7 Å². The summed E-state index contributed by atoms with van der Waals surface area (Å²) in [6.07, 6.45) is 6.59. The van der Waals surface area contributed by atoms with Gasteiger partial charge in [0.1, 0.15) is 5.82 Å². The number of hydrogen-bond donors (Lipinski definition) is 2. The van der Waals surface area contributed by atoms with Gasteiger partial charge in [-0.05, 0) is 30.2 Å². The minimum Gasteiger partial charge on any atom is -0.504 e. The zero-order valence-electron chi connectivity index (χ0n) is 13.6. The van der Waals surface area contributed by atoms with E-state index >= 15 is 0 Å². The van der Waals surface area contributed by atoms with E-state index in [1.165, 1.54) is 35.1 Å². The van der Waals surface area contributed by atoms with Crippen LogP contribution in [0.4, 0.5) is 4.39 Å². The van der Waals surface area contributed by atoms with Crippen LogP contribution in [-0.4, -0.2) is 36.9 Å². The average Bonchev–Trinajstić information content (AvgIpc) is 3.23. The van der Waals surface area contributed by atoms with Crippen LogP contribution in [0.1, 0.15) is 17.4 Å². The second-order valence-corrected chi connectivity index (χ2v) is 5.86. The molecule has 0 aliphatic heterocycles. The van der Waals surface area contributed by atoms with E-state index in [9.17, 15) is 14.3 Å². The monoisotopic (exact) mass is 343 g/mol. The molecule has 25 heavy (non-hydrogen) atoms. The van der Waals surface area contributed by atoms with Crippen molar-refractivity contribution in [1.29, 1.82) is 0 Å². The first-order chi connectivity index (χ1) is 12.0. The Bertz CT molecular complexity index is 843. The van der Waals surface area contributed by atoms with Gasteiger partial charge in [0.2, 0.25) is 0 Å². The summed E-state index contributed by atoms with van der Waals surface area (Å²) in [5.41, 5.74) is 0.475. The highest BCUT2D eigenvalue weighted by Gasteiger charge is 2.17. The number of hydrogen-bond acceptors (Lipinski definition) is 4. The highest BCUT2D eigenvalue weighted by molar-refractivity contribution is 5.94. The van der Waals surface area contributed by atoms with Gasteiger partial charge < -0.3 is 15.0 Å². The maximum absolute atomic E-state index is 13.0. The molecule has 0 aliphatic carbocycles. The molecule has 0 radical (unpaired) electrons. The molecule has 1 unspecified atom stereocenters. The predicted octanol–water partition coefficient (Wildman–Crippen LogP) is 1.98. The molecule has 0 bridgehead atoms. The summed E-state index contributed by atoms with van der Waals surface area (Å²) in [7, 11) is 0. The third-order valence-electron chi connectivity index (χ3n) is 3.69. The molecule has 0 fully saturated rings. The lowest BCUT2D eigenvalue weighted by Gasteiger charge is -2.12. The molecular formula is C17H18FN5O2. The van der Waals surface area contributed by atoms with Crippen molar-refractivity contribution < 1.29 is 14.3 Å². The molecule has 0 saturated heterocycles. The van der Waals surface area contributed by atoms with Gasteiger partial charge in [-0.1, -0.05) is 6.92 Å². The summed E-state index contributed by atoms with van der Waals surface area (Å²) in [6, 6.07) is 5.59. The highest BCUT2D eigenvalue weighted by Crippen LogP contribution is 2.18. The number of aromatic hydroxyl groups is 1. The first-order valence-electron chi connectivity index (χ1n) is 7.81. The zero-order valence-corrected chi connectivity index (χ0v) is 13.6. The summed E-state index contributed by atoms with van der Waals surface area (Å²) in [5.74, 6) is -0.885. The Hall–Kier alpha value is -3.16. The molecule has 1 atom stereocenters. The van der Waals surface area contributed by atoms with Gasteiger partial charge in [-0.2, -0.15) is 5.10 Å². The summed E-state index contributed by atoms with van der Waals surface area (Å²) < 4.78 is 16.2. The fourth-order valence-corrected chi connectivity index (χ4v) is 2.42. The quantitative estimate of drug-likeness (QED) is 0.717. The van der Waals surface area contributed by atoms with Gasteiger partial charge in [-0.15, -0.1) is 0 Å². The van der Waals surface area contributed by atoms with Crippen molar-refractivity contribution in [2.75, 3.05) is 6.54 Å². The summed E-state index contributed by atoms with van der Waals surface area (Å²) >= 11 is 0. The highest BCUT2D eigenvalue weighted by atomic mass is 19.1. The van der Waals surface area contributed by atoms with Crippen molar-refractivity contribution >= 4 is 5.91 Å². The van der Waals surface area contributed by atoms with E-state index in [-0.39, 0.29) is 23.2 Å². The molecule has 3 rings (SSSR count). The van der Waals surface area contributed by atoms with Crippen molar-refractivity contribution in [3.63, 3.8) is 0 Å². The minimum atomic E-state index is -0.462. The number of halogens is 1. The van der Waals surface area contributed by atoms with Gasteiger partial charge in [0.25, 0.3) is 5.91 Å². The smallest absolute Gasteiger partial charge is 0.275 e. The number of benzene rings is 1. The predicted molar refractivity (Wildman–Crippen MR) is 88.9 cm³/mol. The molecule has 7 nitrogen and oxygen atoms in total. The van der Waals surface area contributed by atoms with Crippen LogP contribution in [-0.2, 0) is 6.54 Å². The van der Waals surface area contributed by atoms with Crippen LogP contribution in [0.3, 0.4) is 0 Å². The van der Waals surface area contributed by atoms with E-state index in [0.717, 1.165) is 6.54 Å². The number of carbonyl (C=O) groups excluding carboxylic acids is 1. The molecule has 8 heteroatoms. The van der Waals surface area contributed by atoms with Gasteiger partial charge in [0.05, 0.1) is 18.2 Å². The maximum atomic E-state index is 13.0. The molecule has 2 heterocycles. The maximum Gasteiger partial charge on any atom is 0.275 e. The number of imidazole rings is 1. The lowest BCUT2D eigenvalue weighted by molar-refractivity contribution is 0.0939. The van der Waals surface area contributed by atoms with Crippen LogP contribution < -0.4 is 5.32 Å². The Morgan fingerprint density at radius 1 is 1.36 bits per heavy atom. The number of nitrogens with one attached hydrogen (secondary N) is 1. The van der Waals surface area contributed by atoms with Gasteiger partial charge in [-0.3, -0.25) is 4.79 Å². The number of carbonyl (C=O) groups is 1. The van der Waals surface area contributed by atoms with Crippen LogP contribution >= 0.6 is 0 Å². The summed E-state index contributed by atoms with van der Waals surface area (Å²) in [6.45, 7) is 3.15. The number of amides is 1. The summed E-state index contributed by atoms with van der Waals surface area (Å²) in [5, 5.41) is 16.8. The SMILES string of the molecule is CC(CNC(=O)c1nn(-c2ccc(F)cc2)cc1O)Cn1ccnc1. The number of nitrogens with zero attached hydrogens (tertiary/aromatic N) is 4. The lowest BCUT2D eigenvalue weighted by Crippen LogP contribution is -2.30. The fourth-order valence-electron chi connectivity index (χ4n) is 2.42. The third kappa shape index (κ3) is 4.03. The van der Waals surface area contributed by atoms with Gasteiger partial charge in [-0.25, -0.2) is 14.1 Å². The van der Waals surface area contributed by atoms with Crippen molar-refractivity contribution in [3.8, 4) is 11.4 Å². The topological polar surface area (TPSA) is 85.0 Å². The zero-order chi connectivity index (χ0) is 17.8. The van der Waals surface area contributed by atoms with Crippen LogP contribution in [0.2, 0.25) is 0 Å². The molecule has 2 N–H and O–H groups in total. The number of rotatable bonds is 6. The van der Waals surface area contributed by atoms with E-state index in [0.29, 0.717) is 12.2 Å². The molecule has 0 aliphatic rings. The van der Waals surface area contributed by atoms with Gasteiger partial charge >= 0.3 is 0 Å². The first kappa shape index (κ1) is 16.7. The van der Waals surface area contributed by atoms with Crippen LogP contribution in [0.5, 0.6) is 5.75 Å². The van der Waals surface area contributed by atoms with E-state index in [4.69, 9.17) is 0 Å². The minimum absolute atomic E-state index is 0.0702. The Morgan fingerprint density at radius 2 is 2.12 bits per heavy atom. The fraction of sp³-hybridized carbons (Fsp3) is 0.235. The first-order valence-corrected chi connectivity index (χ1v) is 7.81. The molecule has 1 amide bonds. The van der Waals surface area contributed by atoms with Crippen molar-refractivity contribution in [2.45, 2.75) is 13.5 Å². The van der Waals surface area contributed by atoms with Gasteiger partial charge in [0.15, 0.2) is 11.4 Å². The molecule has 0 saturated carbocycles. The average molecular weight is 343 g/mol. The Morgan fingerprint density at radius 3 is 2.80 bits per heavy atom. The van der Waals surface area contributed by atoms with Crippen LogP contribution in [0, 0.1) is 11.7 Å². The van der Waals surface area contributed by atoms with Crippen molar-refractivity contribution in [1.82, 2.24) is 24.6 Å². The Balaban J connectivity index is 1.63. The molecule has 2 aromatic heterocycles. The van der Waals surface area contributed by atoms with Crippen molar-refractivity contribution in [2.24, 2.45) is 5.92 Å². The largest absolute Gasteiger partial charge is 0.504 e. The lowest BCUT2D eigenvalue weighted by atomic mass is 10.2. The van der Waals surface area contributed by atoms with Crippen LogP contribution in [0.15, 0.2) is 49.2 Å². The normalized spacial score (nSPS) is 12.1. The number of aromatic nitrogens is 4. The van der Waals surface area contributed by atoms with Crippen molar-refractivity contribution in [3.05, 3.63) is 60.7 Å². The Kier molecular flexibility index (Phi) is 4.78. The van der Waals surface area contributed by atoms with Gasteiger partial charge in [0, 0.05) is 25.5 Å². The summed E-state index contributed by atoms with van der Waals surface area (Å²) in [4.78, 5) is 16.2. The molecule has 3 aromatic rings. The molecule has 1 aromatic carbocycles. The third-order valence-corrected chi connectivity index (χ3v) is 3.69. The molecule has 130 valence electrons. The molecule has 0 spiro atoms. The standard InChI is InChI=1S/C17H18FN5O2/c1-12(9-22-7-6-19-11-22)8-20-17(25)16-15(24)10-23(21-16)14-4-2-13(18)3-5-14/h2-7,10-12,24H,8-9H2,1H3,(H,20,25). The second kappa shape index (κ2) is 7.16. The van der Waals surface area contributed by atoms with E-state index in [2.05, 4.69) is 15.4 Å². The second-order valence-electron chi connectivity index (χ2n) is 5.86.